The SMILES string of the molecule is CC(C)(C)OC(=O)N1CCC(Cc2cncnc2)C1.S. The number of carbonyl (C=O) groups is 1. The Bertz CT molecular complexity index is 434. The zero-order valence-electron chi connectivity index (χ0n) is 12.3. The van der Waals surface area contributed by atoms with Crippen molar-refractivity contribution in [1.82, 2.24) is 14.9 Å². The fraction of sp³-hybridized carbons (Fsp3) is 0.643. The molecule has 0 radical (unpaired) electrons. The number of ether oxygens (including phenoxy) is 1. The van der Waals surface area contributed by atoms with Crippen LogP contribution in [0.1, 0.15) is 32.8 Å². The summed E-state index contributed by atoms with van der Waals surface area (Å²) in [7, 11) is 0. The number of hydrogen-bond donors (Lipinski definition) is 0. The Labute approximate surface area is 127 Å². The molecule has 0 saturated carbocycles. The molecule has 0 aliphatic carbocycles. The van der Waals surface area contributed by atoms with Crippen molar-refractivity contribution < 1.29 is 9.53 Å². The second-order valence-electron chi connectivity index (χ2n) is 6.03. The Hall–Kier alpha value is -1.30. The van der Waals surface area contributed by atoms with Crippen molar-refractivity contribution in [2.45, 2.75) is 39.2 Å². The third-order valence-corrected chi connectivity index (χ3v) is 3.08. The highest BCUT2D eigenvalue weighted by molar-refractivity contribution is 7.59. The van der Waals surface area contributed by atoms with Gasteiger partial charge in [-0.1, -0.05) is 0 Å². The molecule has 1 aromatic heterocycles. The molecule has 0 aromatic carbocycles. The number of amides is 1. The minimum Gasteiger partial charge on any atom is -0.444 e. The van der Waals surface area contributed by atoms with Crippen LogP contribution in [-0.2, 0) is 11.2 Å². The quantitative estimate of drug-likeness (QED) is 0.841. The van der Waals surface area contributed by atoms with Crippen molar-refractivity contribution in [3.05, 3.63) is 24.3 Å². The molecule has 1 aliphatic heterocycles. The largest absolute Gasteiger partial charge is 0.444 e. The minimum absolute atomic E-state index is 0. The summed E-state index contributed by atoms with van der Waals surface area (Å²) in [4.78, 5) is 21.8. The maximum absolute atomic E-state index is 11.9. The van der Waals surface area contributed by atoms with Crippen LogP contribution in [0.4, 0.5) is 4.79 Å². The van der Waals surface area contributed by atoms with Gasteiger partial charge in [-0.05, 0) is 45.1 Å². The molecule has 0 bridgehead atoms. The van der Waals surface area contributed by atoms with Crippen molar-refractivity contribution in [3.8, 4) is 0 Å². The first-order valence-corrected chi connectivity index (χ1v) is 6.66. The zero-order valence-corrected chi connectivity index (χ0v) is 13.3. The van der Waals surface area contributed by atoms with Crippen molar-refractivity contribution >= 4 is 19.6 Å². The molecular weight excluding hydrogens is 274 g/mol. The van der Waals surface area contributed by atoms with E-state index in [1.807, 2.05) is 33.2 Å². The third kappa shape index (κ3) is 5.00. The van der Waals surface area contributed by atoms with Crippen LogP contribution in [0.25, 0.3) is 0 Å². The molecule has 2 heterocycles. The Morgan fingerprint density at radius 1 is 1.40 bits per heavy atom. The molecule has 1 amide bonds. The lowest BCUT2D eigenvalue weighted by atomic mass is 10.0. The monoisotopic (exact) mass is 297 g/mol. The highest BCUT2D eigenvalue weighted by Gasteiger charge is 2.29. The first-order chi connectivity index (χ1) is 8.94. The van der Waals surface area contributed by atoms with Crippen molar-refractivity contribution in [2.24, 2.45) is 5.92 Å². The van der Waals surface area contributed by atoms with Crippen LogP contribution >= 0.6 is 13.5 Å². The van der Waals surface area contributed by atoms with Gasteiger partial charge in [-0.2, -0.15) is 13.5 Å². The third-order valence-electron chi connectivity index (χ3n) is 3.08. The van der Waals surface area contributed by atoms with Gasteiger partial charge in [0.05, 0.1) is 0 Å². The average molecular weight is 297 g/mol. The molecular formula is C14H23N3O2S. The van der Waals surface area contributed by atoms with Gasteiger partial charge in [0.15, 0.2) is 0 Å². The van der Waals surface area contributed by atoms with Crippen LogP contribution in [0.3, 0.4) is 0 Å². The summed E-state index contributed by atoms with van der Waals surface area (Å²) in [5, 5.41) is 0. The van der Waals surface area contributed by atoms with E-state index in [0.29, 0.717) is 5.92 Å². The van der Waals surface area contributed by atoms with E-state index in [9.17, 15) is 4.79 Å². The normalized spacial score (nSPS) is 18.6. The van der Waals surface area contributed by atoms with Crippen LogP contribution in [-0.4, -0.2) is 39.7 Å². The lowest BCUT2D eigenvalue weighted by Gasteiger charge is -2.24. The highest BCUT2D eigenvalue weighted by atomic mass is 32.1. The molecule has 1 unspecified atom stereocenters. The molecule has 1 fully saturated rings. The van der Waals surface area contributed by atoms with Crippen LogP contribution in [0, 0.1) is 5.92 Å². The van der Waals surface area contributed by atoms with Gasteiger partial charge in [0.25, 0.3) is 0 Å². The average Bonchev–Trinajstić information content (AvgIpc) is 2.77. The smallest absolute Gasteiger partial charge is 0.410 e. The number of hydrogen-bond acceptors (Lipinski definition) is 4. The molecule has 2 rings (SSSR count). The summed E-state index contributed by atoms with van der Waals surface area (Å²) in [6.07, 6.45) is 6.92. The number of likely N-dealkylation sites (tertiary alicyclic amines) is 1. The fourth-order valence-electron chi connectivity index (χ4n) is 2.26. The molecule has 0 N–H and O–H groups in total. The van der Waals surface area contributed by atoms with Crippen LogP contribution in [0.2, 0.25) is 0 Å². The van der Waals surface area contributed by atoms with E-state index in [0.717, 1.165) is 31.5 Å². The van der Waals surface area contributed by atoms with E-state index in [1.165, 1.54) is 6.33 Å². The summed E-state index contributed by atoms with van der Waals surface area (Å²) >= 11 is 0. The second-order valence-corrected chi connectivity index (χ2v) is 6.03. The maximum Gasteiger partial charge on any atom is 0.410 e. The van der Waals surface area contributed by atoms with Gasteiger partial charge in [0, 0.05) is 25.5 Å². The Balaban J connectivity index is 0.00000200. The Kier molecular flexibility index (Phi) is 5.80. The zero-order chi connectivity index (χ0) is 13.9. The number of nitrogens with zero attached hydrogens (tertiary/aromatic N) is 3. The first kappa shape index (κ1) is 16.8. The van der Waals surface area contributed by atoms with Gasteiger partial charge >= 0.3 is 6.09 Å². The van der Waals surface area contributed by atoms with Gasteiger partial charge in [0.1, 0.15) is 11.9 Å². The van der Waals surface area contributed by atoms with E-state index >= 15 is 0 Å². The lowest BCUT2D eigenvalue weighted by Crippen LogP contribution is -2.35. The van der Waals surface area contributed by atoms with Gasteiger partial charge in [0.2, 0.25) is 0 Å². The van der Waals surface area contributed by atoms with E-state index in [1.54, 1.807) is 4.90 Å². The summed E-state index contributed by atoms with van der Waals surface area (Å²) in [5.41, 5.74) is 0.696. The first-order valence-electron chi connectivity index (χ1n) is 6.66. The summed E-state index contributed by atoms with van der Waals surface area (Å²) in [5.74, 6) is 0.471. The molecule has 1 saturated heterocycles. The number of rotatable bonds is 2. The molecule has 0 spiro atoms. The van der Waals surface area contributed by atoms with Gasteiger partial charge in [-0.15, -0.1) is 0 Å². The Morgan fingerprint density at radius 2 is 2.05 bits per heavy atom. The fourth-order valence-corrected chi connectivity index (χ4v) is 2.26. The molecule has 112 valence electrons. The summed E-state index contributed by atoms with van der Waals surface area (Å²) in [6, 6.07) is 0. The topological polar surface area (TPSA) is 55.3 Å². The van der Waals surface area contributed by atoms with E-state index < -0.39 is 5.60 Å². The van der Waals surface area contributed by atoms with Gasteiger partial charge < -0.3 is 9.64 Å². The number of carbonyl (C=O) groups excluding carboxylic acids is 1. The highest BCUT2D eigenvalue weighted by Crippen LogP contribution is 2.22. The molecule has 1 atom stereocenters. The van der Waals surface area contributed by atoms with Crippen LogP contribution in [0.15, 0.2) is 18.7 Å². The summed E-state index contributed by atoms with van der Waals surface area (Å²) < 4.78 is 5.38. The second kappa shape index (κ2) is 6.92. The standard InChI is InChI=1S/C14H21N3O2.H2S/c1-14(2,3)19-13(18)17-5-4-11(9-17)6-12-7-15-10-16-8-12;/h7-8,10-11H,4-6,9H2,1-3H3;1H2. The van der Waals surface area contributed by atoms with Crippen molar-refractivity contribution in [2.75, 3.05) is 13.1 Å². The maximum atomic E-state index is 11.9. The van der Waals surface area contributed by atoms with Gasteiger partial charge in [-0.25, -0.2) is 14.8 Å². The summed E-state index contributed by atoms with van der Waals surface area (Å²) in [6.45, 7) is 7.19. The van der Waals surface area contributed by atoms with Crippen molar-refractivity contribution in [1.29, 1.82) is 0 Å². The van der Waals surface area contributed by atoms with E-state index in [-0.39, 0.29) is 19.6 Å². The molecule has 1 aromatic rings. The van der Waals surface area contributed by atoms with E-state index in [4.69, 9.17) is 4.74 Å². The Morgan fingerprint density at radius 3 is 2.65 bits per heavy atom. The molecule has 6 heteroatoms. The molecule has 5 nitrogen and oxygen atoms in total. The molecule has 1 aliphatic rings. The van der Waals surface area contributed by atoms with Crippen molar-refractivity contribution in [3.63, 3.8) is 0 Å². The molecule has 20 heavy (non-hydrogen) atoms. The predicted molar refractivity (Wildman–Crippen MR) is 82.0 cm³/mol. The lowest BCUT2D eigenvalue weighted by molar-refractivity contribution is 0.0288. The van der Waals surface area contributed by atoms with E-state index in [2.05, 4.69) is 9.97 Å². The number of aromatic nitrogens is 2. The van der Waals surface area contributed by atoms with Crippen LogP contribution < -0.4 is 0 Å². The minimum atomic E-state index is -0.428. The van der Waals surface area contributed by atoms with Crippen LogP contribution in [0.5, 0.6) is 0 Å². The predicted octanol–water partition coefficient (Wildman–Crippen LogP) is 2.39. The van der Waals surface area contributed by atoms with Gasteiger partial charge in [-0.3, -0.25) is 0 Å².